The van der Waals surface area contributed by atoms with Crippen LogP contribution in [0.5, 0.6) is 5.75 Å². The van der Waals surface area contributed by atoms with Crippen LogP contribution in [-0.2, 0) is 20.7 Å². The van der Waals surface area contributed by atoms with E-state index in [2.05, 4.69) is 10.1 Å². The number of halogens is 2. The van der Waals surface area contributed by atoms with Crippen LogP contribution in [0.2, 0.25) is 0 Å². The van der Waals surface area contributed by atoms with E-state index in [9.17, 15) is 23.5 Å². The Morgan fingerprint density at radius 2 is 1.96 bits per heavy atom. The molecular weight excluding hydrogens is 324 g/mol. The van der Waals surface area contributed by atoms with Crippen LogP contribution in [0.1, 0.15) is 18.4 Å². The van der Waals surface area contributed by atoms with Gasteiger partial charge in [0.05, 0.1) is 11.8 Å². The summed E-state index contributed by atoms with van der Waals surface area (Å²) in [6.07, 6.45) is 0.455. The predicted octanol–water partition coefficient (Wildman–Crippen LogP) is 1.83. The molecule has 0 saturated carbocycles. The minimum atomic E-state index is -2.98. The van der Waals surface area contributed by atoms with Crippen LogP contribution in [0.4, 0.5) is 8.78 Å². The summed E-state index contributed by atoms with van der Waals surface area (Å²) in [6.45, 7) is -2.35. The number of carbonyl (C=O) groups excluding carboxylic acids is 1. The fourth-order valence-corrected chi connectivity index (χ4v) is 2.59. The number of hydrogen-bond donors (Lipinski definition) is 2. The SMILES string of the molecule is O=C(Cc1ccccc1OC(F)F)NCC1(C(=O)O)CCOCC1. The lowest BCUT2D eigenvalue weighted by Gasteiger charge is -2.33. The molecule has 0 atom stereocenters. The molecule has 1 aromatic carbocycles. The standard InChI is InChI=1S/C16H19F2NO5/c17-15(18)24-12-4-2-1-3-11(12)9-13(20)19-10-16(14(21)22)5-7-23-8-6-16/h1-4,15H,5-10H2,(H,19,20)(H,21,22). The molecule has 1 aliphatic rings. The van der Waals surface area contributed by atoms with Gasteiger partial charge in [-0.05, 0) is 18.9 Å². The fourth-order valence-electron chi connectivity index (χ4n) is 2.59. The van der Waals surface area contributed by atoms with Gasteiger partial charge in [-0.15, -0.1) is 0 Å². The molecule has 8 heteroatoms. The van der Waals surface area contributed by atoms with Gasteiger partial charge in [-0.1, -0.05) is 18.2 Å². The third kappa shape index (κ3) is 4.64. The monoisotopic (exact) mass is 343 g/mol. The molecule has 24 heavy (non-hydrogen) atoms. The van der Waals surface area contributed by atoms with Gasteiger partial charge in [-0.25, -0.2) is 0 Å². The van der Waals surface area contributed by atoms with Gasteiger partial charge in [-0.2, -0.15) is 8.78 Å². The highest BCUT2D eigenvalue weighted by atomic mass is 19.3. The Balaban J connectivity index is 1.97. The Labute approximate surface area is 137 Å². The lowest BCUT2D eigenvalue weighted by Crippen LogP contribution is -2.46. The summed E-state index contributed by atoms with van der Waals surface area (Å²) in [5, 5.41) is 12.0. The second-order valence-corrected chi connectivity index (χ2v) is 5.64. The van der Waals surface area contributed by atoms with Crippen LogP contribution in [-0.4, -0.2) is 43.4 Å². The van der Waals surface area contributed by atoms with Crippen LogP contribution in [0.3, 0.4) is 0 Å². The zero-order valence-corrected chi connectivity index (χ0v) is 13.0. The van der Waals surface area contributed by atoms with Crippen molar-refractivity contribution in [2.24, 2.45) is 5.41 Å². The average molecular weight is 343 g/mol. The number of carboxylic acids is 1. The molecule has 6 nitrogen and oxygen atoms in total. The highest BCUT2D eigenvalue weighted by Crippen LogP contribution is 2.30. The molecule has 1 saturated heterocycles. The third-order valence-electron chi connectivity index (χ3n) is 4.07. The van der Waals surface area contributed by atoms with Crippen molar-refractivity contribution in [3.63, 3.8) is 0 Å². The van der Waals surface area contributed by atoms with Crippen molar-refractivity contribution in [2.45, 2.75) is 25.9 Å². The van der Waals surface area contributed by atoms with Crippen LogP contribution < -0.4 is 10.1 Å². The summed E-state index contributed by atoms with van der Waals surface area (Å²) in [7, 11) is 0. The number of nitrogens with one attached hydrogen (secondary N) is 1. The molecule has 132 valence electrons. The largest absolute Gasteiger partial charge is 0.481 e. The number of carbonyl (C=O) groups is 2. The van der Waals surface area contributed by atoms with E-state index in [4.69, 9.17) is 4.74 Å². The average Bonchev–Trinajstić information content (AvgIpc) is 2.55. The molecule has 1 aromatic rings. The van der Waals surface area contributed by atoms with Gasteiger partial charge < -0.3 is 19.9 Å². The zero-order valence-electron chi connectivity index (χ0n) is 13.0. The highest BCUT2D eigenvalue weighted by molar-refractivity contribution is 5.81. The normalized spacial score (nSPS) is 16.6. The molecule has 0 bridgehead atoms. The highest BCUT2D eigenvalue weighted by Gasteiger charge is 2.40. The first kappa shape index (κ1) is 18.1. The summed E-state index contributed by atoms with van der Waals surface area (Å²) in [5.74, 6) is -1.50. The maximum absolute atomic E-state index is 12.4. The number of alkyl halides is 2. The van der Waals surface area contributed by atoms with Crippen molar-refractivity contribution >= 4 is 11.9 Å². The van der Waals surface area contributed by atoms with E-state index in [1.165, 1.54) is 18.2 Å². The zero-order chi connectivity index (χ0) is 17.6. The van der Waals surface area contributed by atoms with Crippen molar-refractivity contribution in [1.29, 1.82) is 0 Å². The Morgan fingerprint density at radius 3 is 2.58 bits per heavy atom. The van der Waals surface area contributed by atoms with E-state index in [1.807, 2.05) is 0 Å². The lowest BCUT2D eigenvalue weighted by atomic mass is 9.80. The first-order chi connectivity index (χ1) is 11.4. The van der Waals surface area contributed by atoms with Gasteiger partial charge in [0.2, 0.25) is 5.91 Å². The molecular formula is C16H19F2NO5. The van der Waals surface area contributed by atoms with E-state index in [0.717, 1.165) is 0 Å². The van der Waals surface area contributed by atoms with E-state index >= 15 is 0 Å². The van der Waals surface area contributed by atoms with Crippen molar-refractivity contribution in [3.8, 4) is 5.75 Å². The summed E-state index contributed by atoms with van der Waals surface area (Å²) in [6, 6.07) is 6.00. The van der Waals surface area contributed by atoms with Gasteiger partial charge in [-0.3, -0.25) is 9.59 Å². The summed E-state index contributed by atoms with van der Waals surface area (Å²) in [4.78, 5) is 23.6. The van der Waals surface area contributed by atoms with Gasteiger partial charge in [0, 0.05) is 25.3 Å². The Morgan fingerprint density at radius 1 is 1.29 bits per heavy atom. The Kier molecular flexibility index (Phi) is 6.08. The molecule has 1 heterocycles. The van der Waals surface area contributed by atoms with Crippen molar-refractivity contribution in [1.82, 2.24) is 5.32 Å². The maximum Gasteiger partial charge on any atom is 0.387 e. The molecule has 1 fully saturated rings. The van der Waals surface area contributed by atoms with Gasteiger partial charge in [0.15, 0.2) is 0 Å². The summed E-state index contributed by atoms with van der Waals surface area (Å²) >= 11 is 0. The van der Waals surface area contributed by atoms with Crippen LogP contribution in [0.25, 0.3) is 0 Å². The topological polar surface area (TPSA) is 84.9 Å². The van der Waals surface area contributed by atoms with Gasteiger partial charge in [0.1, 0.15) is 5.75 Å². The summed E-state index contributed by atoms with van der Waals surface area (Å²) < 4.78 is 34.3. The van der Waals surface area contributed by atoms with Crippen LogP contribution >= 0.6 is 0 Å². The van der Waals surface area contributed by atoms with Crippen molar-refractivity contribution < 1.29 is 33.0 Å². The van der Waals surface area contributed by atoms with E-state index in [0.29, 0.717) is 31.6 Å². The van der Waals surface area contributed by atoms with E-state index in [1.54, 1.807) is 6.07 Å². The number of benzene rings is 1. The maximum atomic E-state index is 12.4. The first-order valence-electron chi connectivity index (χ1n) is 7.53. The molecule has 1 amide bonds. The third-order valence-corrected chi connectivity index (χ3v) is 4.07. The quantitative estimate of drug-likeness (QED) is 0.789. The minimum absolute atomic E-state index is 0.0254. The predicted molar refractivity (Wildman–Crippen MR) is 79.9 cm³/mol. The van der Waals surface area contributed by atoms with Crippen molar-refractivity contribution in [2.75, 3.05) is 19.8 Å². The second-order valence-electron chi connectivity index (χ2n) is 5.64. The van der Waals surface area contributed by atoms with Crippen LogP contribution in [0, 0.1) is 5.41 Å². The Hall–Kier alpha value is -2.22. The summed E-state index contributed by atoms with van der Waals surface area (Å²) in [5.41, 5.74) is -0.737. The van der Waals surface area contributed by atoms with Gasteiger partial charge >= 0.3 is 12.6 Å². The number of para-hydroxylation sites is 1. The number of aliphatic carboxylic acids is 1. The van der Waals surface area contributed by atoms with E-state index < -0.39 is 23.9 Å². The smallest absolute Gasteiger partial charge is 0.387 e. The number of ether oxygens (including phenoxy) is 2. The minimum Gasteiger partial charge on any atom is -0.481 e. The van der Waals surface area contributed by atoms with Crippen molar-refractivity contribution in [3.05, 3.63) is 29.8 Å². The number of hydrogen-bond acceptors (Lipinski definition) is 4. The molecule has 0 aliphatic carbocycles. The van der Waals surface area contributed by atoms with Crippen LogP contribution in [0.15, 0.2) is 24.3 Å². The first-order valence-corrected chi connectivity index (χ1v) is 7.53. The molecule has 2 rings (SSSR count). The molecule has 0 spiro atoms. The second kappa shape index (κ2) is 8.05. The molecule has 0 aromatic heterocycles. The molecule has 2 N–H and O–H groups in total. The Bertz CT molecular complexity index is 588. The lowest BCUT2D eigenvalue weighted by molar-refractivity contribution is -0.154. The number of carboxylic acid groups (broad SMARTS) is 1. The number of amides is 1. The number of rotatable bonds is 7. The molecule has 0 radical (unpaired) electrons. The fraction of sp³-hybridized carbons (Fsp3) is 0.500. The molecule has 0 unspecified atom stereocenters. The van der Waals surface area contributed by atoms with E-state index in [-0.39, 0.29) is 18.7 Å². The molecule has 1 aliphatic heterocycles. The van der Waals surface area contributed by atoms with Gasteiger partial charge in [0.25, 0.3) is 0 Å².